The molecule has 0 radical (unpaired) electrons. The first-order valence-corrected chi connectivity index (χ1v) is 5.83. The van der Waals surface area contributed by atoms with Gasteiger partial charge in [-0.3, -0.25) is 0 Å². The highest BCUT2D eigenvalue weighted by molar-refractivity contribution is 5.26. The van der Waals surface area contributed by atoms with E-state index < -0.39 is 0 Å². The van der Waals surface area contributed by atoms with Gasteiger partial charge in [0.05, 0.1) is 0 Å². The molecular formula is C12H20N2O. The third-order valence-corrected chi connectivity index (χ3v) is 3.45. The standard InChI is InChI=1S/C12H20N2O/c1-8(2)9-4-5-12-10(6-9)11(7-13-3)14-15-12/h8-9,13H,4-7H2,1-3H3. The van der Waals surface area contributed by atoms with Crippen LogP contribution >= 0.6 is 0 Å². The lowest BCUT2D eigenvalue weighted by molar-refractivity contribution is 0.305. The Morgan fingerprint density at radius 1 is 1.53 bits per heavy atom. The van der Waals surface area contributed by atoms with E-state index in [9.17, 15) is 0 Å². The van der Waals surface area contributed by atoms with Crippen LogP contribution in [0.25, 0.3) is 0 Å². The highest BCUT2D eigenvalue weighted by Crippen LogP contribution is 2.31. The van der Waals surface area contributed by atoms with Crippen molar-refractivity contribution >= 4 is 0 Å². The van der Waals surface area contributed by atoms with Crippen molar-refractivity contribution in [1.29, 1.82) is 0 Å². The molecule has 15 heavy (non-hydrogen) atoms. The Morgan fingerprint density at radius 3 is 3.00 bits per heavy atom. The van der Waals surface area contributed by atoms with Gasteiger partial charge in [-0.15, -0.1) is 0 Å². The van der Waals surface area contributed by atoms with Crippen molar-refractivity contribution < 1.29 is 4.52 Å². The van der Waals surface area contributed by atoms with Crippen LogP contribution in [-0.4, -0.2) is 12.2 Å². The molecule has 3 heteroatoms. The molecule has 1 aromatic rings. The van der Waals surface area contributed by atoms with Gasteiger partial charge < -0.3 is 9.84 Å². The predicted molar refractivity (Wildman–Crippen MR) is 59.6 cm³/mol. The lowest BCUT2D eigenvalue weighted by Crippen LogP contribution is -2.19. The molecule has 3 nitrogen and oxygen atoms in total. The summed E-state index contributed by atoms with van der Waals surface area (Å²) >= 11 is 0. The lowest BCUT2D eigenvalue weighted by atomic mass is 9.80. The first-order valence-electron chi connectivity index (χ1n) is 5.83. The maximum absolute atomic E-state index is 5.38. The molecule has 0 spiro atoms. The number of aromatic nitrogens is 1. The minimum absolute atomic E-state index is 0.760. The maximum Gasteiger partial charge on any atom is 0.140 e. The summed E-state index contributed by atoms with van der Waals surface area (Å²) in [4.78, 5) is 0. The first-order chi connectivity index (χ1) is 7.22. The van der Waals surface area contributed by atoms with Crippen molar-refractivity contribution in [2.24, 2.45) is 11.8 Å². The van der Waals surface area contributed by atoms with Crippen molar-refractivity contribution in [3.63, 3.8) is 0 Å². The summed E-state index contributed by atoms with van der Waals surface area (Å²) in [6.45, 7) is 5.44. The summed E-state index contributed by atoms with van der Waals surface area (Å²) in [6.07, 6.45) is 3.46. The number of fused-ring (bicyclic) bond motifs is 1. The monoisotopic (exact) mass is 208 g/mol. The molecule has 2 rings (SSSR count). The van der Waals surface area contributed by atoms with E-state index in [0.717, 1.165) is 42.7 Å². The second-order valence-electron chi connectivity index (χ2n) is 4.81. The number of hydrogen-bond acceptors (Lipinski definition) is 3. The molecule has 1 aliphatic carbocycles. The quantitative estimate of drug-likeness (QED) is 0.827. The van der Waals surface area contributed by atoms with Gasteiger partial charge in [0.1, 0.15) is 11.5 Å². The minimum Gasteiger partial charge on any atom is -0.361 e. The molecule has 1 unspecified atom stereocenters. The van der Waals surface area contributed by atoms with Crippen molar-refractivity contribution in [2.45, 2.75) is 39.7 Å². The second-order valence-corrected chi connectivity index (χ2v) is 4.81. The Balaban J connectivity index is 2.18. The normalized spacial score (nSPS) is 20.7. The van der Waals surface area contributed by atoms with Crippen molar-refractivity contribution in [2.75, 3.05) is 7.05 Å². The third kappa shape index (κ3) is 2.07. The first kappa shape index (κ1) is 10.7. The average Bonchev–Trinajstić information content (AvgIpc) is 2.61. The zero-order valence-corrected chi connectivity index (χ0v) is 9.84. The maximum atomic E-state index is 5.38. The molecule has 1 atom stereocenters. The molecular weight excluding hydrogens is 188 g/mol. The molecule has 1 aromatic heterocycles. The number of aryl methyl sites for hydroxylation is 1. The molecule has 0 saturated carbocycles. The van der Waals surface area contributed by atoms with Crippen molar-refractivity contribution in [3.05, 3.63) is 17.0 Å². The number of rotatable bonds is 3. The molecule has 0 aliphatic heterocycles. The van der Waals surface area contributed by atoms with E-state index >= 15 is 0 Å². The van der Waals surface area contributed by atoms with Crippen LogP contribution in [-0.2, 0) is 19.4 Å². The van der Waals surface area contributed by atoms with E-state index in [2.05, 4.69) is 24.3 Å². The molecule has 0 amide bonds. The van der Waals surface area contributed by atoms with E-state index in [1.165, 1.54) is 12.0 Å². The fraction of sp³-hybridized carbons (Fsp3) is 0.750. The molecule has 1 aliphatic rings. The number of hydrogen-bond donors (Lipinski definition) is 1. The molecule has 0 saturated heterocycles. The Bertz CT molecular complexity index is 330. The SMILES string of the molecule is CNCc1noc2c1CC(C(C)C)CC2. The minimum atomic E-state index is 0.760. The number of nitrogens with one attached hydrogen (secondary N) is 1. The van der Waals surface area contributed by atoms with Crippen LogP contribution in [0.15, 0.2) is 4.52 Å². The van der Waals surface area contributed by atoms with Gasteiger partial charge in [-0.05, 0) is 31.7 Å². The highest BCUT2D eigenvalue weighted by Gasteiger charge is 2.26. The van der Waals surface area contributed by atoms with Gasteiger partial charge >= 0.3 is 0 Å². The average molecular weight is 208 g/mol. The van der Waals surface area contributed by atoms with Gasteiger partial charge in [0, 0.05) is 18.5 Å². The molecule has 0 aromatic carbocycles. The zero-order chi connectivity index (χ0) is 10.8. The van der Waals surface area contributed by atoms with E-state index in [4.69, 9.17) is 4.52 Å². The van der Waals surface area contributed by atoms with Gasteiger partial charge in [-0.1, -0.05) is 19.0 Å². The summed E-state index contributed by atoms with van der Waals surface area (Å²) in [6, 6.07) is 0. The summed E-state index contributed by atoms with van der Waals surface area (Å²) in [5, 5.41) is 7.29. The Labute approximate surface area is 91.2 Å². The fourth-order valence-electron chi connectivity index (χ4n) is 2.37. The molecule has 1 N–H and O–H groups in total. The Hall–Kier alpha value is -0.830. The van der Waals surface area contributed by atoms with E-state index in [1.54, 1.807) is 0 Å². The van der Waals surface area contributed by atoms with Crippen LogP contribution in [0, 0.1) is 11.8 Å². The van der Waals surface area contributed by atoms with Crippen LogP contribution < -0.4 is 5.32 Å². The Morgan fingerprint density at radius 2 is 2.33 bits per heavy atom. The number of nitrogens with zero attached hydrogens (tertiary/aromatic N) is 1. The predicted octanol–water partition coefficient (Wildman–Crippen LogP) is 2.15. The van der Waals surface area contributed by atoms with Crippen LogP contribution in [0.2, 0.25) is 0 Å². The fourth-order valence-corrected chi connectivity index (χ4v) is 2.37. The van der Waals surface area contributed by atoms with E-state index in [-0.39, 0.29) is 0 Å². The smallest absolute Gasteiger partial charge is 0.140 e. The third-order valence-electron chi connectivity index (χ3n) is 3.45. The van der Waals surface area contributed by atoms with Gasteiger partial charge in [0.25, 0.3) is 0 Å². The molecule has 0 fully saturated rings. The summed E-state index contributed by atoms with van der Waals surface area (Å²) in [5.74, 6) is 2.68. The van der Waals surface area contributed by atoms with Gasteiger partial charge in [-0.25, -0.2) is 0 Å². The zero-order valence-electron chi connectivity index (χ0n) is 9.84. The van der Waals surface area contributed by atoms with Crippen LogP contribution in [0.3, 0.4) is 0 Å². The van der Waals surface area contributed by atoms with Crippen LogP contribution in [0.5, 0.6) is 0 Å². The molecule has 1 heterocycles. The van der Waals surface area contributed by atoms with Crippen molar-refractivity contribution in [3.8, 4) is 0 Å². The molecule has 0 bridgehead atoms. The highest BCUT2D eigenvalue weighted by atomic mass is 16.5. The van der Waals surface area contributed by atoms with E-state index in [1.807, 2.05) is 7.05 Å². The van der Waals surface area contributed by atoms with E-state index in [0.29, 0.717) is 0 Å². The van der Waals surface area contributed by atoms with Gasteiger partial charge in [-0.2, -0.15) is 0 Å². The Kier molecular flexibility index (Phi) is 3.10. The lowest BCUT2D eigenvalue weighted by Gasteiger charge is -2.24. The van der Waals surface area contributed by atoms with Gasteiger partial charge in [0.15, 0.2) is 0 Å². The summed E-state index contributed by atoms with van der Waals surface area (Å²) in [5.41, 5.74) is 2.48. The largest absolute Gasteiger partial charge is 0.361 e. The summed E-state index contributed by atoms with van der Waals surface area (Å²) in [7, 11) is 1.95. The second kappa shape index (κ2) is 4.35. The molecule has 84 valence electrons. The topological polar surface area (TPSA) is 38.1 Å². The summed E-state index contributed by atoms with van der Waals surface area (Å²) < 4.78 is 5.38. The van der Waals surface area contributed by atoms with Gasteiger partial charge in [0.2, 0.25) is 0 Å². The van der Waals surface area contributed by atoms with Crippen LogP contribution in [0.4, 0.5) is 0 Å². The van der Waals surface area contributed by atoms with Crippen molar-refractivity contribution in [1.82, 2.24) is 10.5 Å². The van der Waals surface area contributed by atoms with Crippen LogP contribution in [0.1, 0.15) is 37.3 Å².